The van der Waals surface area contributed by atoms with E-state index in [4.69, 9.17) is 9.84 Å². The van der Waals surface area contributed by atoms with E-state index in [1.165, 1.54) is 12.5 Å². The van der Waals surface area contributed by atoms with Gasteiger partial charge >= 0.3 is 5.97 Å². The van der Waals surface area contributed by atoms with Crippen molar-refractivity contribution in [2.45, 2.75) is 25.9 Å². The topological polar surface area (TPSA) is 46.5 Å². The first kappa shape index (κ1) is 12.2. The number of hydrogen-bond donors (Lipinski definition) is 1. The van der Waals surface area contributed by atoms with E-state index < -0.39 is 12.1 Å². The van der Waals surface area contributed by atoms with Crippen LogP contribution in [0.5, 0.6) is 5.75 Å². The van der Waals surface area contributed by atoms with Crippen LogP contribution in [0.15, 0.2) is 28.2 Å². The highest BCUT2D eigenvalue weighted by Gasteiger charge is 2.16. The maximum absolute atomic E-state index is 10.8. The number of allylic oxidation sites excluding steroid dienone is 1. The van der Waals surface area contributed by atoms with Crippen molar-refractivity contribution in [1.29, 1.82) is 0 Å². The predicted molar refractivity (Wildman–Crippen MR) is 69.1 cm³/mol. The second-order valence-electron chi connectivity index (χ2n) is 4.08. The molecule has 0 heterocycles. The van der Waals surface area contributed by atoms with Crippen LogP contribution in [-0.2, 0) is 4.79 Å². The zero-order chi connectivity index (χ0) is 12.4. The molecular weight excluding hydrogens is 284 g/mol. The summed E-state index contributed by atoms with van der Waals surface area (Å²) in [6, 6.07) is 5.58. The monoisotopic (exact) mass is 296 g/mol. The van der Waals surface area contributed by atoms with Crippen molar-refractivity contribution < 1.29 is 14.6 Å². The Bertz CT molecular complexity index is 474. The van der Waals surface area contributed by atoms with Crippen molar-refractivity contribution in [1.82, 2.24) is 0 Å². The van der Waals surface area contributed by atoms with Gasteiger partial charge in [-0.05, 0) is 38.0 Å². The summed E-state index contributed by atoms with van der Waals surface area (Å²) >= 11 is 3.40. The van der Waals surface area contributed by atoms with Gasteiger partial charge in [0.2, 0.25) is 0 Å². The van der Waals surface area contributed by atoms with E-state index in [1.54, 1.807) is 6.07 Å². The first-order valence-electron chi connectivity index (χ1n) is 5.45. The first-order chi connectivity index (χ1) is 8.06. The van der Waals surface area contributed by atoms with Crippen molar-refractivity contribution in [3.63, 3.8) is 0 Å². The van der Waals surface area contributed by atoms with Crippen LogP contribution < -0.4 is 4.74 Å². The third kappa shape index (κ3) is 3.33. The molecule has 0 amide bonds. The lowest BCUT2D eigenvalue weighted by Gasteiger charge is -2.13. The molecule has 1 fully saturated rings. The summed E-state index contributed by atoms with van der Waals surface area (Å²) in [5.41, 5.74) is 2.30. The molecule has 2 rings (SSSR count). The minimum absolute atomic E-state index is 0.613. The van der Waals surface area contributed by atoms with Crippen LogP contribution >= 0.6 is 15.9 Å². The summed E-state index contributed by atoms with van der Waals surface area (Å²) in [4.78, 5) is 10.8. The van der Waals surface area contributed by atoms with Crippen LogP contribution in [0.3, 0.4) is 0 Å². The van der Waals surface area contributed by atoms with Gasteiger partial charge in [0.15, 0.2) is 6.10 Å². The summed E-state index contributed by atoms with van der Waals surface area (Å²) in [5, 5.41) is 8.83. The van der Waals surface area contributed by atoms with Gasteiger partial charge in [0.25, 0.3) is 0 Å². The standard InChI is InChI=1S/C13H13BrO3/c1-8(13(15)16)17-12-5-4-11(14)7-10(12)6-9-2-3-9/h4-8H,2-3H2,1H3,(H,15,16)/t8-/m0/s1. The summed E-state index contributed by atoms with van der Waals surface area (Å²) in [6.45, 7) is 1.53. The molecule has 0 aromatic heterocycles. The molecule has 0 unspecified atom stereocenters. The molecule has 0 bridgehead atoms. The number of benzene rings is 1. The molecule has 1 aliphatic carbocycles. The zero-order valence-electron chi connectivity index (χ0n) is 9.44. The lowest BCUT2D eigenvalue weighted by Crippen LogP contribution is -2.23. The van der Waals surface area contributed by atoms with Gasteiger partial charge in [-0.2, -0.15) is 0 Å². The lowest BCUT2D eigenvalue weighted by atomic mass is 10.2. The molecule has 4 heteroatoms. The molecule has 0 spiro atoms. The van der Waals surface area contributed by atoms with Crippen LogP contribution in [0.2, 0.25) is 0 Å². The zero-order valence-corrected chi connectivity index (χ0v) is 11.0. The molecular formula is C13H13BrO3. The number of ether oxygens (including phenoxy) is 1. The van der Waals surface area contributed by atoms with Crippen LogP contribution in [0.1, 0.15) is 25.3 Å². The fourth-order valence-corrected chi connectivity index (χ4v) is 1.80. The molecule has 1 aromatic rings. The fraction of sp³-hybridized carbons (Fsp3) is 0.308. The van der Waals surface area contributed by atoms with Gasteiger partial charge in [-0.3, -0.25) is 0 Å². The molecule has 1 aromatic carbocycles. The van der Waals surface area contributed by atoms with Crippen LogP contribution in [0.25, 0.3) is 6.08 Å². The van der Waals surface area contributed by atoms with E-state index in [0.717, 1.165) is 22.9 Å². The van der Waals surface area contributed by atoms with E-state index >= 15 is 0 Å². The highest BCUT2D eigenvalue weighted by molar-refractivity contribution is 9.10. The number of carbonyl (C=O) groups is 1. The van der Waals surface area contributed by atoms with Crippen molar-refractivity contribution in [3.05, 3.63) is 33.8 Å². The number of carboxylic acids is 1. The first-order valence-corrected chi connectivity index (χ1v) is 6.24. The van der Waals surface area contributed by atoms with Crippen LogP contribution in [0.4, 0.5) is 0 Å². The van der Waals surface area contributed by atoms with Gasteiger partial charge in [-0.15, -0.1) is 0 Å². The Hall–Kier alpha value is -1.29. The quantitative estimate of drug-likeness (QED) is 0.925. The average molecular weight is 297 g/mol. The van der Waals surface area contributed by atoms with E-state index in [0.29, 0.717) is 5.75 Å². The summed E-state index contributed by atoms with van der Waals surface area (Å²) in [6.07, 6.45) is 3.47. The highest BCUT2D eigenvalue weighted by atomic mass is 79.9. The van der Waals surface area contributed by atoms with Crippen molar-refractivity contribution in [3.8, 4) is 5.75 Å². The molecule has 1 N–H and O–H groups in total. The SMILES string of the molecule is C[C@H](Oc1ccc(Br)cc1C=C1CC1)C(=O)O. The smallest absolute Gasteiger partial charge is 0.344 e. The Balaban J connectivity index is 2.26. The third-order valence-electron chi connectivity index (χ3n) is 2.52. The molecule has 1 saturated carbocycles. The maximum Gasteiger partial charge on any atom is 0.344 e. The van der Waals surface area contributed by atoms with E-state index in [-0.39, 0.29) is 0 Å². The van der Waals surface area contributed by atoms with E-state index in [9.17, 15) is 4.79 Å². The Kier molecular flexibility index (Phi) is 3.52. The number of rotatable bonds is 4. The molecule has 0 radical (unpaired) electrons. The van der Waals surface area contributed by atoms with Crippen molar-refractivity contribution >= 4 is 28.0 Å². The third-order valence-corrected chi connectivity index (χ3v) is 3.01. The minimum atomic E-state index is -0.960. The molecule has 0 saturated heterocycles. The Morgan fingerprint density at radius 2 is 2.24 bits per heavy atom. The van der Waals surface area contributed by atoms with Crippen molar-refractivity contribution in [2.24, 2.45) is 0 Å². The molecule has 1 atom stereocenters. The van der Waals surface area contributed by atoms with Gasteiger partial charge in [-0.25, -0.2) is 4.79 Å². The second-order valence-corrected chi connectivity index (χ2v) is 5.00. The average Bonchev–Trinajstić information content (AvgIpc) is 3.05. The van der Waals surface area contributed by atoms with Crippen LogP contribution in [0, 0.1) is 0 Å². The van der Waals surface area contributed by atoms with Gasteiger partial charge in [-0.1, -0.05) is 27.6 Å². The Morgan fingerprint density at radius 1 is 1.53 bits per heavy atom. The number of halogens is 1. The fourth-order valence-electron chi connectivity index (χ4n) is 1.42. The summed E-state index contributed by atoms with van der Waals surface area (Å²) < 4.78 is 6.38. The summed E-state index contributed by atoms with van der Waals surface area (Å²) in [7, 11) is 0. The van der Waals surface area contributed by atoms with E-state index in [2.05, 4.69) is 22.0 Å². The summed E-state index contributed by atoms with van der Waals surface area (Å²) in [5.74, 6) is -0.347. The molecule has 3 nitrogen and oxygen atoms in total. The van der Waals surface area contributed by atoms with Gasteiger partial charge in [0.05, 0.1) is 0 Å². The van der Waals surface area contributed by atoms with Gasteiger partial charge in [0.1, 0.15) is 5.75 Å². The van der Waals surface area contributed by atoms with Crippen LogP contribution in [-0.4, -0.2) is 17.2 Å². The molecule has 90 valence electrons. The maximum atomic E-state index is 10.8. The Labute approximate surface area is 108 Å². The largest absolute Gasteiger partial charge is 0.479 e. The number of carboxylic acid groups (broad SMARTS) is 1. The van der Waals surface area contributed by atoms with E-state index in [1.807, 2.05) is 12.1 Å². The van der Waals surface area contributed by atoms with Gasteiger partial charge < -0.3 is 9.84 Å². The lowest BCUT2D eigenvalue weighted by molar-refractivity contribution is -0.144. The molecule has 1 aliphatic rings. The minimum Gasteiger partial charge on any atom is -0.479 e. The Morgan fingerprint density at radius 3 is 2.82 bits per heavy atom. The predicted octanol–water partition coefficient (Wildman–Crippen LogP) is 3.48. The molecule has 0 aliphatic heterocycles. The highest BCUT2D eigenvalue weighted by Crippen LogP contribution is 2.34. The normalized spacial score (nSPS) is 15.3. The molecule has 17 heavy (non-hydrogen) atoms. The number of hydrogen-bond acceptors (Lipinski definition) is 2. The van der Waals surface area contributed by atoms with Crippen molar-refractivity contribution in [2.75, 3.05) is 0 Å². The van der Waals surface area contributed by atoms with Gasteiger partial charge in [0, 0.05) is 10.0 Å². The second kappa shape index (κ2) is 4.92. The number of aliphatic carboxylic acids is 1.